The van der Waals surface area contributed by atoms with Gasteiger partial charge in [-0.2, -0.15) is 0 Å². The van der Waals surface area contributed by atoms with Crippen molar-refractivity contribution < 1.29 is 14.6 Å². The molecule has 3 nitrogen and oxygen atoms in total. The Morgan fingerprint density at radius 2 is 2.14 bits per heavy atom. The fourth-order valence-electron chi connectivity index (χ4n) is 3.89. The maximum atomic E-state index is 10.8. The number of ether oxygens (including phenoxy) is 2. The lowest BCUT2D eigenvalue weighted by molar-refractivity contribution is -0.113. The Balaban J connectivity index is 1.81. The number of halogens is 1. The van der Waals surface area contributed by atoms with Crippen LogP contribution in [0.5, 0.6) is 5.75 Å². The first-order chi connectivity index (χ1) is 10.1. The molecule has 1 aromatic rings. The number of hydrogen-bond acceptors (Lipinski definition) is 3. The first kappa shape index (κ1) is 15.1. The van der Waals surface area contributed by atoms with E-state index in [1.54, 1.807) is 13.2 Å². The maximum absolute atomic E-state index is 10.8. The van der Waals surface area contributed by atoms with Gasteiger partial charge >= 0.3 is 0 Å². The van der Waals surface area contributed by atoms with Gasteiger partial charge in [0.25, 0.3) is 0 Å². The molecule has 1 saturated carbocycles. The molecule has 0 aromatic heterocycles. The molecule has 1 spiro atoms. The molecule has 2 aliphatic rings. The van der Waals surface area contributed by atoms with Crippen LogP contribution in [-0.4, -0.2) is 24.4 Å². The van der Waals surface area contributed by atoms with Gasteiger partial charge in [0.15, 0.2) is 0 Å². The Morgan fingerprint density at radius 3 is 2.86 bits per heavy atom. The molecule has 116 valence electrons. The molecule has 2 atom stereocenters. The first-order valence-electron chi connectivity index (χ1n) is 7.79. The second-order valence-corrected chi connectivity index (χ2v) is 6.76. The highest BCUT2D eigenvalue weighted by atomic mass is 35.5. The summed E-state index contributed by atoms with van der Waals surface area (Å²) in [7, 11) is 1.63. The molecule has 0 bridgehead atoms. The van der Waals surface area contributed by atoms with Crippen LogP contribution in [-0.2, 0) is 4.74 Å². The Bertz CT molecular complexity index is 497. The monoisotopic (exact) mass is 310 g/mol. The predicted octanol–water partition coefficient (Wildman–Crippen LogP) is 4.12. The van der Waals surface area contributed by atoms with Gasteiger partial charge in [0, 0.05) is 17.2 Å². The number of benzene rings is 1. The smallest absolute Gasteiger partial charge is 0.124 e. The molecule has 1 heterocycles. The van der Waals surface area contributed by atoms with E-state index >= 15 is 0 Å². The third kappa shape index (κ3) is 3.05. The molecule has 2 unspecified atom stereocenters. The zero-order valence-corrected chi connectivity index (χ0v) is 13.2. The molecule has 1 N–H and O–H groups in total. The lowest BCUT2D eigenvalue weighted by Crippen LogP contribution is -2.39. The van der Waals surface area contributed by atoms with Crippen molar-refractivity contribution in [2.45, 2.75) is 50.2 Å². The molecule has 0 amide bonds. The average molecular weight is 311 g/mol. The van der Waals surface area contributed by atoms with Crippen LogP contribution in [0.15, 0.2) is 18.2 Å². The molecule has 1 aromatic carbocycles. The summed E-state index contributed by atoms with van der Waals surface area (Å²) in [4.78, 5) is 0. The summed E-state index contributed by atoms with van der Waals surface area (Å²) < 4.78 is 11.4. The van der Waals surface area contributed by atoms with Crippen LogP contribution in [0.1, 0.15) is 50.2 Å². The fraction of sp³-hybridized carbons (Fsp3) is 0.647. The number of hydrogen-bond donors (Lipinski definition) is 1. The van der Waals surface area contributed by atoms with Gasteiger partial charge in [-0.1, -0.05) is 24.4 Å². The maximum Gasteiger partial charge on any atom is 0.124 e. The van der Waals surface area contributed by atoms with E-state index in [1.807, 2.05) is 12.1 Å². The average Bonchev–Trinajstić information content (AvgIpc) is 2.94. The highest BCUT2D eigenvalue weighted by Gasteiger charge is 2.42. The van der Waals surface area contributed by atoms with Crippen molar-refractivity contribution in [1.29, 1.82) is 0 Å². The minimum atomic E-state index is -0.542. The summed E-state index contributed by atoms with van der Waals surface area (Å²) in [6.45, 7) is 0.741. The van der Waals surface area contributed by atoms with Gasteiger partial charge in [0.2, 0.25) is 0 Å². The second kappa shape index (κ2) is 6.15. The third-order valence-corrected chi connectivity index (χ3v) is 5.24. The Labute approximate surface area is 131 Å². The highest BCUT2D eigenvalue weighted by molar-refractivity contribution is 6.30. The number of aliphatic hydroxyl groups excluding tert-OH is 1. The zero-order chi connectivity index (χ0) is 14.9. The van der Waals surface area contributed by atoms with Crippen LogP contribution in [0.25, 0.3) is 0 Å². The van der Waals surface area contributed by atoms with Crippen molar-refractivity contribution in [3.05, 3.63) is 28.8 Å². The minimum Gasteiger partial charge on any atom is -0.496 e. The molecule has 4 heteroatoms. The van der Waals surface area contributed by atoms with Gasteiger partial charge < -0.3 is 14.6 Å². The van der Waals surface area contributed by atoms with E-state index in [0.717, 1.165) is 37.9 Å². The summed E-state index contributed by atoms with van der Waals surface area (Å²) >= 11 is 6.09. The summed E-state index contributed by atoms with van der Waals surface area (Å²) in [5, 5.41) is 11.5. The van der Waals surface area contributed by atoms with Crippen LogP contribution < -0.4 is 4.74 Å². The summed E-state index contributed by atoms with van der Waals surface area (Å²) in [6.07, 6.45) is 6.01. The Morgan fingerprint density at radius 1 is 1.38 bits per heavy atom. The van der Waals surface area contributed by atoms with E-state index in [2.05, 4.69) is 0 Å². The van der Waals surface area contributed by atoms with E-state index in [4.69, 9.17) is 21.1 Å². The molecule has 1 aliphatic carbocycles. The largest absolute Gasteiger partial charge is 0.496 e. The fourth-order valence-corrected chi connectivity index (χ4v) is 4.07. The molecule has 1 saturated heterocycles. The summed E-state index contributed by atoms with van der Waals surface area (Å²) in [5.41, 5.74) is 0.806. The molecule has 3 rings (SSSR count). The quantitative estimate of drug-likeness (QED) is 0.912. The molecule has 1 aliphatic heterocycles. The highest BCUT2D eigenvalue weighted by Crippen LogP contribution is 2.46. The van der Waals surface area contributed by atoms with Crippen LogP contribution in [0.3, 0.4) is 0 Å². The summed E-state index contributed by atoms with van der Waals surface area (Å²) in [5.74, 6) is 0.920. The second-order valence-electron chi connectivity index (χ2n) is 6.32. The number of rotatable bonds is 3. The Kier molecular flexibility index (Phi) is 4.43. The molecular weight excluding hydrogens is 288 g/mol. The Hall–Kier alpha value is -0.770. The molecule has 2 fully saturated rings. The normalized spacial score (nSPS) is 26.0. The summed E-state index contributed by atoms with van der Waals surface area (Å²) in [6, 6.07) is 5.44. The molecular formula is C17H23ClO3. The van der Waals surface area contributed by atoms with Crippen LogP contribution >= 0.6 is 11.6 Å². The topological polar surface area (TPSA) is 38.7 Å². The van der Waals surface area contributed by atoms with Crippen molar-refractivity contribution in [3.63, 3.8) is 0 Å². The van der Waals surface area contributed by atoms with Crippen molar-refractivity contribution in [3.8, 4) is 5.75 Å². The lowest BCUT2D eigenvalue weighted by atomic mass is 9.79. The SMILES string of the molecule is COc1ccc(Cl)cc1C(O)C1CCOC2(CCCC2)C1. The van der Waals surface area contributed by atoms with E-state index in [0.29, 0.717) is 10.8 Å². The standard InChI is InChI=1S/C17H23ClO3/c1-20-15-5-4-13(18)10-14(15)16(19)12-6-9-21-17(11-12)7-2-3-8-17/h4-5,10,12,16,19H,2-3,6-9,11H2,1H3. The molecule has 21 heavy (non-hydrogen) atoms. The van der Waals surface area contributed by atoms with Crippen molar-refractivity contribution in [2.24, 2.45) is 5.92 Å². The van der Waals surface area contributed by atoms with Gasteiger partial charge in [-0.05, 0) is 49.8 Å². The van der Waals surface area contributed by atoms with E-state index in [9.17, 15) is 5.11 Å². The van der Waals surface area contributed by atoms with Gasteiger partial charge in [0.05, 0.1) is 18.8 Å². The van der Waals surface area contributed by atoms with Crippen LogP contribution in [0.4, 0.5) is 0 Å². The van der Waals surface area contributed by atoms with E-state index in [-0.39, 0.29) is 11.5 Å². The minimum absolute atomic E-state index is 0.00963. The van der Waals surface area contributed by atoms with Crippen LogP contribution in [0, 0.1) is 5.92 Å². The number of aliphatic hydroxyl groups is 1. The van der Waals surface area contributed by atoms with Crippen molar-refractivity contribution in [1.82, 2.24) is 0 Å². The zero-order valence-electron chi connectivity index (χ0n) is 12.5. The third-order valence-electron chi connectivity index (χ3n) is 5.00. The molecule has 0 radical (unpaired) electrons. The van der Waals surface area contributed by atoms with Crippen LogP contribution in [0.2, 0.25) is 5.02 Å². The lowest BCUT2D eigenvalue weighted by Gasteiger charge is -2.40. The van der Waals surface area contributed by atoms with E-state index in [1.165, 1.54) is 12.8 Å². The van der Waals surface area contributed by atoms with Crippen molar-refractivity contribution in [2.75, 3.05) is 13.7 Å². The van der Waals surface area contributed by atoms with Gasteiger partial charge in [-0.3, -0.25) is 0 Å². The van der Waals surface area contributed by atoms with Gasteiger partial charge in [-0.15, -0.1) is 0 Å². The van der Waals surface area contributed by atoms with Gasteiger partial charge in [-0.25, -0.2) is 0 Å². The first-order valence-corrected chi connectivity index (χ1v) is 8.17. The van der Waals surface area contributed by atoms with Gasteiger partial charge in [0.1, 0.15) is 5.75 Å². The predicted molar refractivity (Wildman–Crippen MR) is 82.8 cm³/mol. The van der Waals surface area contributed by atoms with Crippen molar-refractivity contribution >= 4 is 11.6 Å². The number of methoxy groups -OCH3 is 1. The van der Waals surface area contributed by atoms with E-state index < -0.39 is 6.10 Å².